The number of amides is 1. The number of nitrogens with one attached hydrogen (secondary N) is 1. The van der Waals surface area contributed by atoms with E-state index in [1.165, 1.54) is 42.1 Å². The molecule has 0 fully saturated rings. The second-order valence-corrected chi connectivity index (χ2v) is 6.91. The predicted octanol–water partition coefficient (Wildman–Crippen LogP) is 4.41. The first kappa shape index (κ1) is 18.1. The molecule has 0 saturated carbocycles. The maximum absolute atomic E-state index is 13.2. The van der Waals surface area contributed by atoms with Gasteiger partial charge in [-0.3, -0.25) is 4.79 Å². The van der Waals surface area contributed by atoms with Gasteiger partial charge in [0.05, 0.1) is 17.0 Å². The van der Waals surface area contributed by atoms with Crippen molar-refractivity contribution in [2.75, 3.05) is 11.1 Å². The van der Waals surface area contributed by atoms with Crippen LogP contribution in [0.15, 0.2) is 72.0 Å². The summed E-state index contributed by atoms with van der Waals surface area (Å²) in [6.07, 6.45) is 3.31. The lowest BCUT2D eigenvalue weighted by molar-refractivity contribution is -0.113. The molecule has 0 bridgehead atoms. The van der Waals surface area contributed by atoms with E-state index in [-0.39, 0.29) is 17.5 Å². The highest BCUT2D eigenvalue weighted by Crippen LogP contribution is 2.26. The van der Waals surface area contributed by atoms with Crippen molar-refractivity contribution in [1.82, 2.24) is 14.6 Å². The minimum atomic E-state index is -0.413. The zero-order valence-corrected chi connectivity index (χ0v) is 15.3. The van der Waals surface area contributed by atoms with Gasteiger partial charge in [0.2, 0.25) is 5.91 Å². The van der Waals surface area contributed by atoms with Crippen molar-refractivity contribution in [1.29, 1.82) is 0 Å². The van der Waals surface area contributed by atoms with Crippen LogP contribution in [0.2, 0.25) is 0 Å². The summed E-state index contributed by atoms with van der Waals surface area (Å²) in [4.78, 5) is 16.5. The summed E-state index contributed by atoms with van der Waals surface area (Å²) in [6, 6.07) is 13.6. The van der Waals surface area contributed by atoms with Crippen molar-refractivity contribution >= 4 is 28.9 Å². The lowest BCUT2D eigenvalue weighted by Gasteiger charge is -2.05. The number of hydrogen-bond donors (Lipinski definition) is 1. The molecule has 0 saturated heterocycles. The Morgan fingerprint density at radius 1 is 1.07 bits per heavy atom. The Bertz CT molecular complexity index is 1140. The Morgan fingerprint density at radius 3 is 2.68 bits per heavy atom. The summed E-state index contributed by atoms with van der Waals surface area (Å²) >= 11 is 1.25. The van der Waals surface area contributed by atoms with Gasteiger partial charge >= 0.3 is 0 Å². The first-order valence-electron chi connectivity index (χ1n) is 8.37. The highest BCUT2D eigenvalue weighted by Gasteiger charge is 2.12. The molecule has 0 aliphatic rings. The zero-order chi connectivity index (χ0) is 19.5. The number of carbonyl (C=O) groups excluding carboxylic acids is 1. The molecule has 2 aromatic heterocycles. The van der Waals surface area contributed by atoms with Gasteiger partial charge in [-0.15, -0.1) is 0 Å². The van der Waals surface area contributed by atoms with Crippen LogP contribution >= 0.6 is 11.8 Å². The quantitative estimate of drug-likeness (QED) is 0.508. The molecule has 140 valence electrons. The van der Waals surface area contributed by atoms with Crippen LogP contribution < -0.4 is 5.32 Å². The summed E-state index contributed by atoms with van der Waals surface area (Å²) in [5.41, 5.74) is 2.61. The van der Waals surface area contributed by atoms with Gasteiger partial charge < -0.3 is 5.32 Å². The molecular weight excluding hydrogens is 382 g/mol. The SMILES string of the molecule is O=C(CSc1nccn2nc(-c3ccc(F)cc3)cc12)Nc1cccc(F)c1. The number of hydrogen-bond acceptors (Lipinski definition) is 4. The zero-order valence-electron chi connectivity index (χ0n) is 14.5. The fourth-order valence-corrected chi connectivity index (χ4v) is 3.44. The van der Waals surface area contributed by atoms with E-state index in [9.17, 15) is 13.6 Å². The van der Waals surface area contributed by atoms with Crippen LogP contribution in [-0.4, -0.2) is 26.3 Å². The summed E-state index contributed by atoms with van der Waals surface area (Å²) in [7, 11) is 0. The smallest absolute Gasteiger partial charge is 0.234 e. The first-order chi connectivity index (χ1) is 13.6. The van der Waals surface area contributed by atoms with E-state index in [2.05, 4.69) is 15.4 Å². The standard InChI is InChI=1S/C20H14F2N4OS/c21-14-6-4-13(5-7-14)17-11-18-20(23-8-9-26(18)25-17)28-12-19(27)24-16-3-1-2-15(22)10-16/h1-11H,12H2,(H,24,27). The molecule has 28 heavy (non-hydrogen) atoms. The van der Waals surface area contributed by atoms with E-state index in [0.29, 0.717) is 16.4 Å². The third-order valence-electron chi connectivity index (χ3n) is 3.94. The summed E-state index contributed by atoms with van der Waals surface area (Å²) < 4.78 is 28.0. The van der Waals surface area contributed by atoms with E-state index in [4.69, 9.17) is 0 Å². The number of halogens is 2. The van der Waals surface area contributed by atoms with Gasteiger partial charge in [-0.1, -0.05) is 17.8 Å². The number of anilines is 1. The molecule has 4 aromatic rings. The molecule has 1 N–H and O–H groups in total. The van der Waals surface area contributed by atoms with Crippen molar-refractivity contribution in [3.8, 4) is 11.3 Å². The third-order valence-corrected chi connectivity index (χ3v) is 4.94. The molecule has 5 nitrogen and oxygen atoms in total. The molecule has 8 heteroatoms. The van der Waals surface area contributed by atoms with Crippen LogP contribution in [0, 0.1) is 11.6 Å². The van der Waals surface area contributed by atoms with Crippen molar-refractivity contribution in [2.45, 2.75) is 5.03 Å². The normalized spacial score (nSPS) is 10.9. The van der Waals surface area contributed by atoms with E-state index < -0.39 is 5.82 Å². The number of rotatable bonds is 5. The number of carbonyl (C=O) groups is 1. The second kappa shape index (κ2) is 7.77. The lowest BCUT2D eigenvalue weighted by Crippen LogP contribution is -2.14. The van der Waals surface area contributed by atoms with Gasteiger partial charge in [-0.25, -0.2) is 18.3 Å². The van der Waals surface area contributed by atoms with Crippen molar-refractivity contribution in [3.05, 3.63) is 78.6 Å². The maximum atomic E-state index is 13.2. The number of thioether (sulfide) groups is 1. The van der Waals surface area contributed by atoms with Crippen LogP contribution in [0.1, 0.15) is 0 Å². The Labute approximate surface area is 163 Å². The highest BCUT2D eigenvalue weighted by atomic mass is 32.2. The Balaban J connectivity index is 1.50. The fourth-order valence-electron chi connectivity index (χ4n) is 2.67. The van der Waals surface area contributed by atoms with Crippen LogP contribution in [0.3, 0.4) is 0 Å². The van der Waals surface area contributed by atoms with Crippen LogP contribution in [-0.2, 0) is 4.79 Å². The number of fused-ring (bicyclic) bond motifs is 1. The predicted molar refractivity (Wildman–Crippen MR) is 104 cm³/mol. The molecule has 4 rings (SSSR count). The Morgan fingerprint density at radius 2 is 1.89 bits per heavy atom. The molecule has 0 aliphatic heterocycles. The summed E-state index contributed by atoms with van der Waals surface area (Å²) in [5, 5.41) is 7.77. The molecule has 0 radical (unpaired) electrons. The Hall–Kier alpha value is -3.26. The third kappa shape index (κ3) is 4.01. The molecule has 2 heterocycles. The molecule has 1 amide bonds. The molecule has 2 aromatic carbocycles. The van der Waals surface area contributed by atoms with Gasteiger partial charge in [-0.2, -0.15) is 5.10 Å². The van der Waals surface area contributed by atoms with Crippen molar-refractivity contribution in [3.63, 3.8) is 0 Å². The van der Waals surface area contributed by atoms with Crippen LogP contribution in [0.25, 0.3) is 16.8 Å². The second-order valence-electron chi connectivity index (χ2n) is 5.95. The Kier molecular flexibility index (Phi) is 5.03. The molecule has 0 aliphatic carbocycles. The average molecular weight is 396 g/mol. The van der Waals surface area contributed by atoms with Gasteiger partial charge in [0.1, 0.15) is 16.7 Å². The topological polar surface area (TPSA) is 59.3 Å². The molecular formula is C20H14F2N4OS. The number of aromatic nitrogens is 3. The largest absolute Gasteiger partial charge is 0.325 e. The first-order valence-corrected chi connectivity index (χ1v) is 9.35. The van der Waals surface area contributed by atoms with Gasteiger partial charge in [0.25, 0.3) is 0 Å². The van der Waals surface area contributed by atoms with Gasteiger partial charge in [-0.05, 0) is 48.5 Å². The van der Waals surface area contributed by atoms with E-state index in [0.717, 1.165) is 11.1 Å². The van der Waals surface area contributed by atoms with Crippen molar-refractivity contribution < 1.29 is 13.6 Å². The fraction of sp³-hybridized carbons (Fsp3) is 0.0500. The summed E-state index contributed by atoms with van der Waals surface area (Å²) in [5.74, 6) is -0.878. The molecule has 0 atom stereocenters. The number of benzene rings is 2. The van der Waals surface area contributed by atoms with E-state index >= 15 is 0 Å². The van der Waals surface area contributed by atoms with Gasteiger partial charge in [0, 0.05) is 23.6 Å². The van der Waals surface area contributed by atoms with E-state index in [1.807, 2.05) is 6.07 Å². The van der Waals surface area contributed by atoms with E-state index in [1.54, 1.807) is 35.1 Å². The van der Waals surface area contributed by atoms with Crippen molar-refractivity contribution in [2.24, 2.45) is 0 Å². The minimum Gasteiger partial charge on any atom is -0.325 e. The monoisotopic (exact) mass is 396 g/mol. The lowest BCUT2D eigenvalue weighted by atomic mass is 10.1. The van der Waals surface area contributed by atoms with Crippen LogP contribution in [0.4, 0.5) is 14.5 Å². The summed E-state index contributed by atoms with van der Waals surface area (Å²) in [6.45, 7) is 0. The minimum absolute atomic E-state index is 0.111. The van der Waals surface area contributed by atoms with Crippen LogP contribution in [0.5, 0.6) is 0 Å². The van der Waals surface area contributed by atoms with Gasteiger partial charge in [0.15, 0.2) is 0 Å². The average Bonchev–Trinajstić information content (AvgIpc) is 3.12. The number of nitrogens with zero attached hydrogens (tertiary/aromatic N) is 3. The maximum Gasteiger partial charge on any atom is 0.234 e. The highest BCUT2D eigenvalue weighted by molar-refractivity contribution is 8.00. The molecule has 0 unspecified atom stereocenters. The molecule has 0 spiro atoms.